The Bertz CT molecular complexity index is 488. The van der Waals surface area contributed by atoms with Crippen molar-refractivity contribution in [3.63, 3.8) is 0 Å². The van der Waals surface area contributed by atoms with Gasteiger partial charge in [-0.15, -0.1) is 23.7 Å². The molecule has 0 radical (unpaired) electrons. The number of hydrogen-bond donors (Lipinski definition) is 2. The lowest BCUT2D eigenvalue weighted by Gasteiger charge is -2.13. The molecule has 1 aromatic carbocycles. The Hall–Kier alpha value is -1.23. The van der Waals surface area contributed by atoms with Crippen molar-refractivity contribution in [2.45, 2.75) is 13.0 Å². The minimum atomic E-state index is -0.171. The molecule has 2 aromatic rings. The molecule has 0 saturated carbocycles. The van der Waals surface area contributed by atoms with E-state index in [4.69, 9.17) is 10.5 Å². The van der Waals surface area contributed by atoms with Gasteiger partial charge >= 0.3 is 0 Å². The predicted molar refractivity (Wildman–Crippen MR) is 76.9 cm³/mol. The molecule has 2 rings (SSSR count). The quantitative estimate of drug-likeness (QED) is 0.906. The second kappa shape index (κ2) is 6.64. The Kier molecular flexibility index (Phi) is 5.47. The minimum absolute atomic E-state index is 0. The molecule has 3 N–H and O–H groups in total. The van der Waals surface area contributed by atoms with Gasteiger partial charge in [0.1, 0.15) is 0 Å². The molecular weight excluding hydrogens is 270 g/mol. The normalized spacial score (nSPS) is 11.7. The number of thiophene rings is 1. The predicted octanol–water partition coefficient (Wildman–Crippen LogP) is 3.32. The number of phenolic OH excluding ortho intramolecular Hbond substituents is 1. The molecule has 0 aliphatic carbocycles. The Morgan fingerprint density at radius 2 is 2.17 bits per heavy atom. The highest BCUT2D eigenvalue weighted by Gasteiger charge is 2.12. The largest absolute Gasteiger partial charge is 0.504 e. The second-order valence-electron chi connectivity index (χ2n) is 3.65. The SMILES string of the molecule is CCOc1cc([C@H](N)c2cccs2)ccc1O.Cl. The van der Waals surface area contributed by atoms with E-state index in [1.165, 1.54) is 0 Å². The van der Waals surface area contributed by atoms with Crippen molar-refractivity contribution in [2.24, 2.45) is 5.73 Å². The summed E-state index contributed by atoms with van der Waals surface area (Å²) in [6.45, 7) is 2.40. The molecule has 1 atom stereocenters. The minimum Gasteiger partial charge on any atom is -0.504 e. The molecule has 0 aliphatic heterocycles. The molecule has 5 heteroatoms. The van der Waals surface area contributed by atoms with Gasteiger partial charge in [0.15, 0.2) is 11.5 Å². The van der Waals surface area contributed by atoms with Crippen LogP contribution in [0, 0.1) is 0 Å². The van der Waals surface area contributed by atoms with Gasteiger partial charge in [-0.05, 0) is 36.1 Å². The Balaban J connectivity index is 0.00000162. The number of hydrogen-bond acceptors (Lipinski definition) is 4. The molecule has 0 bridgehead atoms. The van der Waals surface area contributed by atoms with Gasteiger partial charge in [0.05, 0.1) is 12.6 Å². The van der Waals surface area contributed by atoms with Crippen molar-refractivity contribution in [1.29, 1.82) is 0 Å². The smallest absolute Gasteiger partial charge is 0.161 e. The van der Waals surface area contributed by atoms with Crippen molar-refractivity contribution in [1.82, 2.24) is 0 Å². The molecule has 1 aromatic heterocycles. The number of aromatic hydroxyl groups is 1. The van der Waals surface area contributed by atoms with Gasteiger partial charge in [-0.25, -0.2) is 0 Å². The number of ether oxygens (including phenoxy) is 1. The van der Waals surface area contributed by atoms with Crippen LogP contribution < -0.4 is 10.5 Å². The molecule has 3 nitrogen and oxygen atoms in total. The van der Waals surface area contributed by atoms with Gasteiger partial charge in [-0.2, -0.15) is 0 Å². The lowest BCUT2D eigenvalue weighted by molar-refractivity contribution is 0.317. The molecule has 98 valence electrons. The van der Waals surface area contributed by atoms with E-state index in [2.05, 4.69) is 0 Å². The summed E-state index contributed by atoms with van der Waals surface area (Å²) in [4.78, 5) is 1.10. The van der Waals surface area contributed by atoms with Crippen LogP contribution >= 0.6 is 23.7 Å². The van der Waals surface area contributed by atoms with Crippen molar-refractivity contribution < 1.29 is 9.84 Å². The van der Waals surface area contributed by atoms with Crippen LogP contribution in [0.15, 0.2) is 35.7 Å². The third-order valence-electron chi connectivity index (χ3n) is 2.49. The van der Waals surface area contributed by atoms with Gasteiger partial charge in [0.2, 0.25) is 0 Å². The Morgan fingerprint density at radius 3 is 2.78 bits per heavy atom. The maximum absolute atomic E-state index is 9.62. The first kappa shape index (κ1) is 14.8. The fraction of sp³-hybridized carbons (Fsp3) is 0.231. The fourth-order valence-electron chi connectivity index (χ4n) is 1.63. The van der Waals surface area contributed by atoms with E-state index < -0.39 is 0 Å². The fourth-order valence-corrected chi connectivity index (χ4v) is 2.38. The molecule has 0 unspecified atom stereocenters. The van der Waals surface area contributed by atoms with Crippen LogP contribution in [0.25, 0.3) is 0 Å². The van der Waals surface area contributed by atoms with E-state index in [0.29, 0.717) is 12.4 Å². The third kappa shape index (κ3) is 3.16. The Morgan fingerprint density at radius 1 is 1.39 bits per heavy atom. The Labute approximate surface area is 117 Å². The summed E-state index contributed by atoms with van der Waals surface area (Å²) < 4.78 is 5.34. The zero-order valence-electron chi connectivity index (χ0n) is 10.00. The second-order valence-corrected chi connectivity index (χ2v) is 4.63. The lowest BCUT2D eigenvalue weighted by atomic mass is 10.1. The first-order chi connectivity index (χ1) is 8.22. The van der Waals surface area contributed by atoms with E-state index in [9.17, 15) is 5.11 Å². The topological polar surface area (TPSA) is 55.5 Å². The lowest BCUT2D eigenvalue weighted by Crippen LogP contribution is -2.10. The molecule has 0 spiro atoms. The molecule has 0 aliphatic rings. The molecular formula is C13H16ClNO2S. The van der Waals surface area contributed by atoms with Crippen LogP contribution in [0.4, 0.5) is 0 Å². The summed E-state index contributed by atoms with van der Waals surface area (Å²) in [5, 5.41) is 11.6. The summed E-state index contributed by atoms with van der Waals surface area (Å²) in [7, 11) is 0. The van der Waals surface area contributed by atoms with Gasteiger partial charge in [0.25, 0.3) is 0 Å². The number of rotatable bonds is 4. The molecule has 18 heavy (non-hydrogen) atoms. The highest BCUT2D eigenvalue weighted by Crippen LogP contribution is 2.31. The average Bonchev–Trinajstić information content (AvgIpc) is 2.85. The summed E-state index contributed by atoms with van der Waals surface area (Å²) in [5.41, 5.74) is 7.09. The summed E-state index contributed by atoms with van der Waals surface area (Å²) in [6, 6.07) is 9.04. The number of nitrogens with two attached hydrogens (primary N) is 1. The summed E-state index contributed by atoms with van der Waals surface area (Å²) in [5.74, 6) is 0.631. The van der Waals surface area contributed by atoms with Crippen molar-refractivity contribution >= 4 is 23.7 Å². The van der Waals surface area contributed by atoms with Crippen LogP contribution in [-0.2, 0) is 0 Å². The van der Waals surface area contributed by atoms with Gasteiger partial charge < -0.3 is 15.6 Å². The zero-order chi connectivity index (χ0) is 12.3. The van der Waals surface area contributed by atoms with Crippen molar-refractivity contribution in [3.8, 4) is 11.5 Å². The number of phenols is 1. The third-order valence-corrected chi connectivity index (χ3v) is 3.45. The first-order valence-electron chi connectivity index (χ1n) is 5.47. The standard InChI is InChI=1S/C13H15NO2S.ClH/c1-2-16-11-8-9(5-6-10(11)15)13(14)12-4-3-7-17-12;/h3-8,13,15H,2,14H2,1H3;1H/t13-;/m0./s1. The van der Waals surface area contributed by atoms with E-state index in [0.717, 1.165) is 10.4 Å². The number of benzene rings is 1. The number of halogens is 1. The molecule has 1 heterocycles. The first-order valence-corrected chi connectivity index (χ1v) is 6.35. The van der Waals surface area contributed by atoms with Crippen LogP contribution in [-0.4, -0.2) is 11.7 Å². The van der Waals surface area contributed by atoms with Crippen molar-refractivity contribution in [3.05, 3.63) is 46.2 Å². The van der Waals surface area contributed by atoms with Gasteiger partial charge in [0, 0.05) is 4.88 Å². The average molecular weight is 286 g/mol. The van der Waals surface area contributed by atoms with Crippen LogP contribution in [0.2, 0.25) is 0 Å². The zero-order valence-corrected chi connectivity index (χ0v) is 11.6. The van der Waals surface area contributed by atoms with Crippen molar-refractivity contribution in [2.75, 3.05) is 6.61 Å². The summed E-state index contributed by atoms with van der Waals surface area (Å²) >= 11 is 1.62. The highest BCUT2D eigenvalue weighted by atomic mass is 35.5. The van der Waals surface area contributed by atoms with E-state index in [-0.39, 0.29) is 24.2 Å². The highest BCUT2D eigenvalue weighted by molar-refractivity contribution is 7.10. The van der Waals surface area contributed by atoms with Crippen LogP contribution in [0.1, 0.15) is 23.4 Å². The van der Waals surface area contributed by atoms with Gasteiger partial charge in [-0.1, -0.05) is 12.1 Å². The van der Waals surface area contributed by atoms with E-state index in [1.54, 1.807) is 23.5 Å². The molecule has 0 saturated heterocycles. The maximum atomic E-state index is 9.62. The van der Waals surface area contributed by atoms with Crippen LogP contribution in [0.5, 0.6) is 11.5 Å². The monoisotopic (exact) mass is 285 g/mol. The van der Waals surface area contributed by atoms with Gasteiger partial charge in [-0.3, -0.25) is 0 Å². The molecule has 0 amide bonds. The molecule has 0 fully saturated rings. The van der Waals surface area contributed by atoms with E-state index >= 15 is 0 Å². The van der Waals surface area contributed by atoms with Crippen LogP contribution in [0.3, 0.4) is 0 Å². The maximum Gasteiger partial charge on any atom is 0.161 e. The van der Waals surface area contributed by atoms with E-state index in [1.807, 2.05) is 30.5 Å². The summed E-state index contributed by atoms with van der Waals surface area (Å²) in [6.07, 6.45) is 0.